The Hall–Kier alpha value is -1.86. The lowest BCUT2D eigenvalue weighted by Crippen LogP contribution is -2.48. The second-order valence-electron chi connectivity index (χ2n) is 8.25. The third-order valence-corrected chi connectivity index (χ3v) is 7.70. The summed E-state index contributed by atoms with van der Waals surface area (Å²) in [6, 6.07) is 4.12. The van der Waals surface area contributed by atoms with Gasteiger partial charge < -0.3 is 14.5 Å². The summed E-state index contributed by atoms with van der Waals surface area (Å²) in [6.45, 7) is 1.01. The molecule has 4 aliphatic heterocycles. The minimum absolute atomic E-state index is 0.0293. The van der Waals surface area contributed by atoms with Crippen molar-refractivity contribution in [1.29, 1.82) is 0 Å². The van der Waals surface area contributed by atoms with E-state index < -0.39 is 17.4 Å². The lowest BCUT2D eigenvalue weighted by Gasteiger charge is -2.35. The number of rotatable bonds is 4. The van der Waals surface area contributed by atoms with Crippen LogP contribution in [0.4, 0.5) is 0 Å². The molecule has 1 spiro atoms. The first-order valence-corrected chi connectivity index (χ1v) is 11.1. The van der Waals surface area contributed by atoms with Crippen LogP contribution in [0.15, 0.2) is 36.7 Å². The van der Waals surface area contributed by atoms with Gasteiger partial charge in [-0.15, -0.1) is 0 Å². The van der Waals surface area contributed by atoms with Crippen LogP contribution < -0.4 is 0 Å². The van der Waals surface area contributed by atoms with Gasteiger partial charge in [-0.25, -0.2) is 0 Å². The zero-order valence-corrected chi connectivity index (χ0v) is 16.8. The molecule has 3 saturated heterocycles. The molecule has 1 aromatic rings. The summed E-state index contributed by atoms with van der Waals surface area (Å²) in [4.78, 5) is 34.6. The van der Waals surface area contributed by atoms with Crippen LogP contribution in [-0.2, 0) is 20.9 Å². The minimum atomic E-state index is -0.645. The van der Waals surface area contributed by atoms with Gasteiger partial charge in [0, 0.05) is 32.0 Å². The van der Waals surface area contributed by atoms with Crippen molar-refractivity contribution in [3.05, 3.63) is 42.2 Å². The highest BCUT2D eigenvalue weighted by Crippen LogP contribution is 2.52. The summed E-state index contributed by atoms with van der Waals surface area (Å²) in [6.07, 6.45) is 9.29. The number of hydrogen-bond donors (Lipinski definition) is 0. The molecular weight excluding hydrogens is 374 g/mol. The number of hydrogen-bond acceptors (Lipinski definition) is 5. The molecule has 2 bridgehead atoms. The average Bonchev–Trinajstić information content (AvgIpc) is 3.37. The fraction of sp³-hybridized carbons (Fsp3) is 0.571. The van der Waals surface area contributed by atoms with Crippen LogP contribution >= 0.6 is 11.8 Å². The second kappa shape index (κ2) is 6.88. The van der Waals surface area contributed by atoms with Crippen molar-refractivity contribution < 1.29 is 14.3 Å². The van der Waals surface area contributed by atoms with Crippen LogP contribution in [0, 0.1) is 11.8 Å². The lowest BCUT2D eigenvalue weighted by atomic mass is 9.76. The Morgan fingerprint density at radius 3 is 3.00 bits per heavy atom. The van der Waals surface area contributed by atoms with Crippen LogP contribution in [0.3, 0.4) is 0 Å². The number of amides is 2. The van der Waals surface area contributed by atoms with Gasteiger partial charge in [0.05, 0.1) is 24.5 Å². The smallest absolute Gasteiger partial charge is 0.230 e. The normalized spacial score (nSPS) is 34.1. The van der Waals surface area contributed by atoms with E-state index in [-0.39, 0.29) is 24.0 Å². The predicted octanol–water partition coefficient (Wildman–Crippen LogP) is 1.72. The number of thioether (sulfide) groups is 1. The molecule has 1 aromatic heterocycles. The Labute approximate surface area is 169 Å². The Morgan fingerprint density at radius 1 is 1.43 bits per heavy atom. The van der Waals surface area contributed by atoms with Crippen molar-refractivity contribution in [2.75, 3.05) is 25.1 Å². The van der Waals surface area contributed by atoms with Crippen molar-refractivity contribution in [3.8, 4) is 0 Å². The molecule has 0 aromatic carbocycles. The average molecular weight is 400 g/mol. The molecule has 28 heavy (non-hydrogen) atoms. The number of carbonyl (C=O) groups is 2. The highest BCUT2D eigenvalue weighted by Gasteiger charge is 2.67. The highest BCUT2D eigenvalue weighted by molar-refractivity contribution is 7.99. The van der Waals surface area contributed by atoms with Crippen LogP contribution in [0.2, 0.25) is 0 Å². The standard InChI is InChI=1S/C21H25N3O3S/c1-23(15-5-9-28-10-6-15)19(25)17-16-4-7-21(27-16)13-24(20(26)18(17)21)12-14-3-2-8-22-11-14/h2-4,7-8,11,15-18H,5-6,9-10,12-13H2,1H3/t16-,17+,18+,21-/m0/s1. The molecule has 2 amide bonds. The van der Waals surface area contributed by atoms with E-state index >= 15 is 0 Å². The molecular formula is C21H25N3O3S. The van der Waals surface area contributed by atoms with E-state index in [0.29, 0.717) is 13.1 Å². The minimum Gasteiger partial charge on any atom is -0.360 e. The van der Waals surface area contributed by atoms with Crippen LogP contribution in [0.5, 0.6) is 0 Å². The second-order valence-corrected chi connectivity index (χ2v) is 9.47. The van der Waals surface area contributed by atoms with Gasteiger partial charge in [-0.1, -0.05) is 18.2 Å². The molecule has 0 radical (unpaired) electrons. The summed E-state index contributed by atoms with van der Waals surface area (Å²) in [7, 11) is 1.90. The lowest BCUT2D eigenvalue weighted by molar-refractivity contribution is -0.144. The van der Waals surface area contributed by atoms with Crippen LogP contribution in [0.1, 0.15) is 18.4 Å². The van der Waals surface area contributed by atoms with Gasteiger partial charge in [0.25, 0.3) is 0 Å². The third kappa shape index (κ3) is 2.78. The molecule has 4 aliphatic rings. The molecule has 0 N–H and O–H groups in total. The van der Waals surface area contributed by atoms with Crippen molar-refractivity contribution in [1.82, 2.24) is 14.8 Å². The topological polar surface area (TPSA) is 62.7 Å². The van der Waals surface area contributed by atoms with E-state index in [2.05, 4.69) is 4.98 Å². The van der Waals surface area contributed by atoms with E-state index in [0.717, 1.165) is 29.9 Å². The molecule has 5 rings (SSSR count). The molecule has 148 valence electrons. The van der Waals surface area contributed by atoms with Gasteiger partial charge in [-0.2, -0.15) is 11.8 Å². The largest absolute Gasteiger partial charge is 0.360 e. The fourth-order valence-corrected chi connectivity index (χ4v) is 6.28. The van der Waals surface area contributed by atoms with E-state index in [1.165, 1.54) is 0 Å². The summed E-state index contributed by atoms with van der Waals surface area (Å²) in [5, 5.41) is 0. The Kier molecular flexibility index (Phi) is 4.47. The van der Waals surface area contributed by atoms with Crippen molar-refractivity contribution >= 4 is 23.6 Å². The molecule has 4 atom stereocenters. The molecule has 3 fully saturated rings. The number of likely N-dealkylation sites (tertiary alicyclic amines) is 1. The molecule has 0 unspecified atom stereocenters. The number of aromatic nitrogens is 1. The van der Waals surface area contributed by atoms with Gasteiger partial charge in [0.2, 0.25) is 11.8 Å². The number of nitrogens with zero attached hydrogens (tertiary/aromatic N) is 3. The van der Waals surface area contributed by atoms with Crippen LogP contribution in [-0.4, -0.2) is 69.4 Å². The molecule has 5 heterocycles. The van der Waals surface area contributed by atoms with Crippen molar-refractivity contribution in [2.24, 2.45) is 11.8 Å². The zero-order valence-electron chi connectivity index (χ0n) is 16.0. The quantitative estimate of drug-likeness (QED) is 0.722. The molecule has 0 aliphatic carbocycles. The molecule has 6 nitrogen and oxygen atoms in total. The Morgan fingerprint density at radius 2 is 2.25 bits per heavy atom. The Balaban J connectivity index is 1.37. The maximum Gasteiger partial charge on any atom is 0.230 e. The SMILES string of the molecule is CN(C(=O)[C@@H]1[C@@H]2C=C[C@@]3(CN(Cc4cccnc4)C(=O)[C@@H]13)O2)C1CCSCC1. The first-order chi connectivity index (χ1) is 13.6. The van der Waals surface area contributed by atoms with Crippen LogP contribution in [0.25, 0.3) is 0 Å². The van der Waals surface area contributed by atoms with E-state index in [4.69, 9.17) is 4.74 Å². The summed E-state index contributed by atoms with van der Waals surface area (Å²) < 4.78 is 6.25. The van der Waals surface area contributed by atoms with Gasteiger partial charge >= 0.3 is 0 Å². The van der Waals surface area contributed by atoms with Gasteiger partial charge in [-0.3, -0.25) is 14.6 Å². The fourth-order valence-electron chi connectivity index (χ4n) is 5.19. The number of carbonyl (C=O) groups excluding carboxylic acids is 2. The molecule has 7 heteroatoms. The summed E-state index contributed by atoms with van der Waals surface area (Å²) >= 11 is 1.95. The van der Waals surface area contributed by atoms with E-state index in [1.54, 1.807) is 12.4 Å². The number of pyridine rings is 1. The maximum atomic E-state index is 13.4. The predicted molar refractivity (Wildman–Crippen MR) is 106 cm³/mol. The van der Waals surface area contributed by atoms with Gasteiger partial charge in [-0.05, 0) is 36.0 Å². The number of ether oxygens (including phenoxy) is 1. The Bertz CT molecular complexity index is 810. The first-order valence-electron chi connectivity index (χ1n) is 9.98. The van der Waals surface area contributed by atoms with Crippen molar-refractivity contribution in [3.63, 3.8) is 0 Å². The highest BCUT2D eigenvalue weighted by atomic mass is 32.2. The maximum absolute atomic E-state index is 13.4. The molecule has 0 saturated carbocycles. The van der Waals surface area contributed by atoms with E-state index in [1.807, 2.05) is 52.9 Å². The van der Waals surface area contributed by atoms with Gasteiger partial charge in [0.1, 0.15) is 5.60 Å². The van der Waals surface area contributed by atoms with Crippen molar-refractivity contribution in [2.45, 2.75) is 37.1 Å². The number of fused-ring (bicyclic) bond motifs is 1. The monoisotopic (exact) mass is 399 g/mol. The van der Waals surface area contributed by atoms with E-state index in [9.17, 15) is 9.59 Å². The zero-order chi connectivity index (χ0) is 19.3. The first kappa shape index (κ1) is 18.2. The third-order valence-electron chi connectivity index (χ3n) is 6.65. The summed E-state index contributed by atoms with van der Waals surface area (Å²) in [5.41, 5.74) is 0.346. The van der Waals surface area contributed by atoms with Gasteiger partial charge in [0.15, 0.2) is 0 Å². The summed E-state index contributed by atoms with van der Waals surface area (Å²) in [5.74, 6) is 1.47.